The summed E-state index contributed by atoms with van der Waals surface area (Å²) in [5.41, 5.74) is 2.89. The van der Waals surface area contributed by atoms with Gasteiger partial charge >= 0.3 is 0 Å². The summed E-state index contributed by atoms with van der Waals surface area (Å²) >= 11 is 0. The van der Waals surface area contributed by atoms with E-state index >= 15 is 0 Å². The highest BCUT2D eigenvalue weighted by Gasteiger charge is 2.41. The Morgan fingerprint density at radius 2 is 1.57 bits per heavy atom. The molecule has 0 spiro atoms. The Kier molecular flexibility index (Phi) is 8.01. The smallest absolute Gasteiger partial charge is 0.243 e. The molecule has 0 radical (unpaired) electrons. The lowest BCUT2D eigenvalue weighted by Gasteiger charge is -2.41. The number of carbonyl (C=O) groups excluding carboxylic acids is 2. The van der Waals surface area contributed by atoms with Gasteiger partial charge in [-0.2, -0.15) is 0 Å². The zero-order chi connectivity index (χ0) is 20.8. The van der Waals surface area contributed by atoms with Crippen molar-refractivity contribution in [2.45, 2.75) is 78.6 Å². The summed E-state index contributed by atoms with van der Waals surface area (Å²) in [6, 6.07) is 4.98. The number of piperazine rings is 1. The van der Waals surface area contributed by atoms with Gasteiger partial charge in [0.1, 0.15) is 12.1 Å². The number of benzene rings is 1. The highest BCUT2D eigenvalue weighted by molar-refractivity contribution is 6.00. The summed E-state index contributed by atoms with van der Waals surface area (Å²) in [5.74, 6) is -0.178. The van der Waals surface area contributed by atoms with Crippen molar-refractivity contribution in [2.24, 2.45) is 0 Å². The number of nitrogens with zero attached hydrogens (tertiary/aromatic N) is 1. The van der Waals surface area contributed by atoms with Gasteiger partial charge in [0.05, 0.1) is 0 Å². The van der Waals surface area contributed by atoms with Crippen LogP contribution in [0.3, 0.4) is 0 Å². The highest BCUT2D eigenvalue weighted by Crippen LogP contribution is 2.19. The van der Waals surface area contributed by atoms with Crippen LogP contribution in [-0.4, -0.2) is 54.0 Å². The first-order valence-corrected chi connectivity index (χ1v) is 10.5. The van der Waals surface area contributed by atoms with Crippen LogP contribution in [0.25, 0.3) is 0 Å². The molecule has 156 valence electrons. The van der Waals surface area contributed by atoms with Crippen LogP contribution < -0.4 is 16.0 Å². The quantitative estimate of drug-likeness (QED) is 0.671. The van der Waals surface area contributed by atoms with Crippen molar-refractivity contribution >= 4 is 17.5 Å². The van der Waals surface area contributed by atoms with Crippen LogP contribution in [0, 0.1) is 13.8 Å². The number of anilines is 1. The predicted octanol–water partition coefficient (Wildman–Crippen LogP) is 2.60. The Morgan fingerprint density at radius 1 is 1.00 bits per heavy atom. The molecule has 1 aromatic carbocycles. The molecule has 1 saturated heterocycles. The third kappa shape index (κ3) is 5.32. The van der Waals surface area contributed by atoms with Gasteiger partial charge in [-0.15, -0.1) is 0 Å². The molecule has 6 heteroatoms. The largest absolute Gasteiger partial charge is 0.341 e. The van der Waals surface area contributed by atoms with Crippen LogP contribution in [0.5, 0.6) is 0 Å². The van der Waals surface area contributed by atoms with E-state index in [9.17, 15) is 9.59 Å². The molecule has 1 fully saturated rings. The van der Waals surface area contributed by atoms with Crippen LogP contribution in [-0.2, 0) is 9.59 Å². The van der Waals surface area contributed by atoms with Crippen molar-refractivity contribution in [3.63, 3.8) is 0 Å². The molecule has 0 bridgehead atoms. The maximum absolute atomic E-state index is 13.3. The third-order valence-corrected chi connectivity index (χ3v) is 5.47. The van der Waals surface area contributed by atoms with E-state index in [0.29, 0.717) is 13.1 Å². The summed E-state index contributed by atoms with van der Waals surface area (Å²) in [5, 5.41) is 9.79. The van der Waals surface area contributed by atoms with Gasteiger partial charge in [0.2, 0.25) is 11.8 Å². The molecule has 3 N–H and O–H groups in total. The second-order valence-corrected chi connectivity index (χ2v) is 8.00. The molecule has 2 amide bonds. The summed E-state index contributed by atoms with van der Waals surface area (Å²) < 4.78 is 0. The first-order valence-electron chi connectivity index (χ1n) is 10.5. The lowest BCUT2D eigenvalue weighted by molar-refractivity contribution is -0.138. The van der Waals surface area contributed by atoms with E-state index in [-0.39, 0.29) is 23.9 Å². The molecule has 6 nitrogen and oxygen atoms in total. The SMILES string of the molecule is CCCN(CCC)C(=O)C1NC(C)C(C)NC1C(=O)Nc1cc(C)ccc1C. The topological polar surface area (TPSA) is 73.5 Å². The Balaban J connectivity index is 2.25. The van der Waals surface area contributed by atoms with E-state index in [2.05, 4.69) is 29.8 Å². The van der Waals surface area contributed by atoms with Gasteiger partial charge in [0, 0.05) is 30.9 Å². The van der Waals surface area contributed by atoms with E-state index in [0.717, 1.165) is 29.7 Å². The van der Waals surface area contributed by atoms with Crippen LogP contribution in [0.1, 0.15) is 51.7 Å². The van der Waals surface area contributed by atoms with E-state index in [1.807, 2.05) is 50.8 Å². The van der Waals surface area contributed by atoms with Gasteiger partial charge in [-0.05, 0) is 57.7 Å². The van der Waals surface area contributed by atoms with Crippen molar-refractivity contribution in [2.75, 3.05) is 18.4 Å². The van der Waals surface area contributed by atoms with Crippen molar-refractivity contribution < 1.29 is 9.59 Å². The van der Waals surface area contributed by atoms with Crippen LogP contribution >= 0.6 is 0 Å². The van der Waals surface area contributed by atoms with Gasteiger partial charge in [-0.1, -0.05) is 26.0 Å². The minimum Gasteiger partial charge on any atom is -0.341 e. The number of hydrogen-bond acceptors (Lipinski definition) is 4. The van der Waals surface area contributed by atoms with Crippen LogP contribution in [0.15, 0.2) is 18.2 Å². The molecule has 2 rings (SSSR count). The lowest BCUT2D eigenvalue weighted by atomic mass is 9.96. The van der Waals surface area contributed by atoms with Crippen molar-refractivity contribution in [3.8, 4) is 0 Å². The summed E-state index contributed by atoms with van der Waals surface area (Å²) in [6.07, 6.45) is 1.80. The minimum atomic E-state index is -0.616. The van der Waals surface area contributed by atoms with Gasteiger partial charge < -0.3 is 20.9 Å². The monoisotopic (exact) mass is 388 g/mol. The molecule has 1 aliphatic heterocycles. The zero-order valence-electron chi connectivity index (χ0n) is 18.1. The number of carbonyl (C=O) groups is 2. The highest BCUT2D eigenvalue weighted by atomic mass is 16.2. The average Bonchev–Trinajstić information content (AvgIpc) is 2.65. The molecular weight excluding hydrogens is 352 g/mol. The fraction of sp³-hybridized carbons (Fsp3) is 0.636. The average molecular weight is 389 g/mol. The van der Waals surface area contributed by atoms with Crippen molar-refractivity contribution in [1.82, 2.24) is 15.5 Å². The standard InChI is InChI=1S/C22H36N4O2/c1-7-11-26(12-8-2)22(28)20-19(23-16(5)17(6)24-20)21(27)25-18-13-14(3)9-10-15(18)4/h9-10,13,16-17,19-20,23-24H,7-8,11-12H2,1-6H3,(H,25,27). The number of hydrogen-bond donors (Lipinski definition) is 3. The molecular formula is C22H36N4O2. The van der Waals surface area contributed by atoms with Crippen LogP contribution in [0.2, 0.25) is 0 Å². The normalized spacial score (nSPS) is 24.6. The number of rotatable bonds is 7. The van der Waals surface area contributed by atoms with E-state index in [4.69, 9.17) is 0 Å². The molecule has 0 aliphatic carbocycles. The molecule has 28 heavy (non-hydrogen) atoms. The fourth-order valence-corrected chi connectivity index (χ4v) is 3.64. The minimum absolute atomic E-state index is 0.00364. The van der Waals surface area contributed by atoms with E-state index < -0.39 is 12.1 Å². The van der Waals surface area contributed by atoms with E-state index in [1.54, 1.807) is 0 Å². The Bertz CT molecular complexity index is 685. The molecule has 4 unspecified atom stereocenters. The molecule has 1 aliphatic rings. The summed E-state index contributed by atoms with van der Waals surface area (Å²) in [7, 11) is 0. The van der Waals surface area contributed by atoms with Gasteiger partial charge in [0.15, 0.2) is 0 Å². The second-order valence-electron chi connectivity index (χ2n) is 8.00. The molecule has 0 aromatic heterocycles. The summed E-state index contributed by atoms with van der Waals surface area (Å²) in [6.45, 7) is 13.6. The van der Waals surface area contributed by atoms with Gasteiger partial charge in [0.25, 0.3) is 0 Å². The first kappa shape index (κ1) is 22.4. The Labute approximate surface area is 169 Å². The number of aryl methyl sites for hydroxylation is 2. The lowest BCUT2D eigenvalue weighted by Crippen LogP contribution is -2.71. The fourth-order valence-electron chi connectivity index (χ4n) is 3.64. The Morgan fingerprint density at radius 3 is 2.14 bits per heavy atom. The molecule has 1 aromatic rings. The maximum Gasteiger partial charge on any atom is 0.243 e. The van der Waals surface area contributed by atoms with Gasteiger partial charge in [-0.25, -0.2) is 0 Å². The van der Waals surface area contributed by atoms with Crippen LogP contribution in [0.4, 0.5) is 5.69 Å². The molecule has 0 saturated carbocycles. The summed E-state index contributed by atoms with van der Waals surface area (Å²) in [4.78, 5) is 28.3. The third-order valence-electron chi connectivity index (χ3n) is 5.47. The second kappa shape index (κ2) is 10.0. The molecule has 4 atom stereocenters. The number of amides is 2. The van der Waals surface area contributed by atoms with E-state index in [1.165, 1.54) is 0 Å². The molecule has 1 heterocycles. The predicted molar refractivity (Wildman–Crippen MR) is 114 cm³/mol. The Hall–Kier alpha value is -1.92. The van der Waals surface area contributed by atoms with Gasteiger partial charge in [-0.3, -0.25) is 9.59 Å². The first-order chi connectivity index (χ1) is 13.3. The van der Waals surface area contributed by atoms with Crippen molar-refractivity contribution in [1.29, 1.82) is 0 Å². The zero-order valence-corrected chi connectivity index (χ0v) is 18.1. The van der Waals surface area contributed by atoms with Crippen molar-refractivity contribution in [3.05, 3.63) is 29.3 Å². The maximum atomic E-state index is 13.3. The number of nitrogens with one attached hydrogen (secondary N) is 3.